The number of benzene rings is 2. The minimum atomic E-state index is -0.0436. The van der Waals surface area contributed by atoms with E-state index in [9.17, 15) is 4.79 Å². The van der Waals surface area contributed by atoms with Crippen LogP contribution in [0, 0.1) is 0 Å². The molecule has 6 heteroatoms. The van der Waals surface area contributed by atoms with E-state index in [4.69, 9.17) is 16.3 Å². The zero-order valence-corrected chi connectivity index (χ0v) is 15.1. The molecule has 1 N–H and O–H groups in total. The first kappa shape index (κ1) is 17.2. The normalized spacial score (nSPS) is 10.3. The fourth-order valence-corrected chi connectivity index (χ4v) is 3.12. The third-order valence-electron chi connectivity index (χ3n) is 2.85. The van der Waals surface area contributed by atoms with Crippen LogP contribution >= 0.6 is 39.3 Å². The number of amides is 1. The van der Waals surface area contributed by atoms with Gasteiger partial charge in [0.2, 0.25) is 5.91 Å². The summed E-state index contributed by atoms with van der Waals surface area (Å²) >= 11 is 10.8. The fraction of sp³-hybridized carbons (Fsp3) is 0.188. The molecule has 0 aliphatic carbocycles. The van der Waals surface area contributed by atoms with Crippen molar-refractivity contribution in [1.29, 1.82) is 0 Å². The van der Waals surface area contributed by atoms with Crippen LogP contribution in [0.3, 0.4) is 0 Å². The summed E-state index contributed by atoms with van der Waals surface area (Å²) in [5, 5.41) is 3.58. The van der Waals surface area contributed by atoms with Crippen molar-refractivity contribution in [2.75, 3.05) is 18.2 Å². The van der Waals surface area contributed by atoms with E-state index in [1.807, 2.05) is 42.5 Å². The van der Waals surface area contributed by atoms with Gasteiger partial charge >= 0.3 is 0 Å². The maximum atomic E-state index is 12.0. The second kappa shape index (κ2) is 8.46. The van der Waals surface area contributed by atoms with Crippen LogP contribution in [0.2, 0.25) is 5.02 Å². The number of hydrogen-bond acceptors (Lipinski definition) is 3. The van der Waals surface area contributed by atoms with Crippen molar-refractivity contribution < 1.29 is 9.53 Å². The van der Waals surface area contributed by atoms with Gasteiger partial charge in [-0.15, -0.1) is 11.8 Å². The topological polar surface area (TPSA) is 38.3 Å². The van der Waals surface area contributed by atoms with Gasteiger partial charge in [0.05, 0.1) is 12.8 Å². The van der Waals surface area contributed by atoms with Crippen LogP contribution in [0.15, 0.2) is 51.8 Å². The van der Waals surface area contributed by atoms with Gasteiger partial charge in [-0.1, -0.05) is 27.5 Å². The Morgan fingerprint density at radius 2 is 2.00 bits per heavy atom. The number of methoxy groups -OCH3 is 1. The number of carbonyl (C=O) groups excluding carboxylic acids is 1. The van der Waals surface area contributed by atoms with Crippen molar-refractivity contribution in [3.8, 4) is 5.75 Å². The lowest BCUT2D eigenvalue weighted by Gasteiger charge is -2.10. The highest BCUT2D eigenvalue weighted by Gasteiger charge is 2.08. The zero-order chi connectivity index (χ0) is 15.9. The molecule has 1 amide bonds. The summed E-state index contributed by atoms with van der Waals surface area (Å²) in [6, 6.07) is 13.1. The molecule has 0 atom stereocenters. The molecule has 0 saturated heterocycles. The average Bonchev–Trinajstić information content (AvgIpc) is 2.49. The summed E-state index contributed by atoms with van der Waals surface area (Å²) in [7, 11) is 1.58. The highest BCUT2D eigenvalue weighted by Crippen LogP contribution is 2.28. The first-order valence-electron chi connectivity index (χ1n) is 6.60. The quantitative estimate of drug-likeness (QED) is 0.675. The second-order valence-corrected chi connectivity index (χ2v) is 6.97. The molecule has 0 unspecified atom stereocenters. The maximum Gasteiger partial charge on any atom is 0.225 e. The molecule has 0 aromatic heterocycles. The standard InChI is InChI=1S/C16H15BrClNO2S/c1-21-15-7-2-11(17)10-14(15)19-16(20)8-9-22-13-5-3-12(18)4-6-13/h2-7,10H,8-9H2,1H3,(H,19,20). The van der Waals surface area contributed by atoms with E-state index in [0.29, 0.717) is 28.6 Å². The van der Waals surface area contributed by atoms with Gasteiger partial charge in [-0.3, -0.25) is 4.79 Å². The molecule has 0 aliphatic rings. The van der Waals surface area contributed by atoms with E-state index in [0.717, 1.165) is 9.37 Å². The predicted molar refractivity (Wildman–Crippen MR) is 96.1 cm³/mol. The van der Waals surface area contributed by atoms with Crippen molar-refractivity contribution in [3.05, 3.63) is 52.0 Å². The monoisotopic (exact) mass is 399 g/mol. The van der Waals surface area contributed by atoms with Crippen molar-refractivity contribution in [2.45, 2.75) is 11.3 Å². The number of halogens is 2. The van der Waals surface area contributed by atoms with Gasteiger partial charge in [0.1, 0.15) is 5.75 Å². The smallest absolute Gasteiger partial charge is 0.225 e. The molecular weight excluding hydrogens is 386 g/mol. The van der Waals surface area contributed by atoms with Gasteiger partial charge in [-0.2, -0.15) is 0 Å². The Balaban J connectivity index is 1.85. The Bertz CT molecular complexity index is 649. The van der Waals surface area contributed by atoms with Crippen LogP contribution in [-0.4, -0.2) is 18.8 Å². The third kappa shape index (κ3) is 5.23. The summed E-state index contributed by atoms with van der Waals surface area (Å²) in [5.41, 5.74) is 0.665. The van der Waals surface area contributed by atoms with E-state index in [2.05, 4.69) is 21.2 Å². The van der Waals surface area contributed by atoms with Crippen LogP contribution in [0.25, 0.3) is 0 Å². The summed E-state index contributed by atoms with van der Waals surface area (Å²) in [4.78, 5) is 13.1. The Morgan fingerprint density at radius 1 is 1.27 bits per heavy atom. The van der Waals surface area contributed by atoms with Crippen LogP contribution in [0.5, 0.6) is 5.75 Å². The lowest BCUT2D eigenvalue weighted by molar-refractivity contribution is -0.115. The van der Waals surface area contributed by atoms with Crippen molar-refractivity contribution in [1.82, 2.24) is 0 Å². The number of thioether (sulfide) groups is 1. The molecule has 0 bridgehead atoms. The van der Waals surface area contributed by atoms with Gasteiger partial charge in [-0.25, -0.2) is 0 Å². The van der Waals surface area contributed by atoms with Crippen LogP contribution in [0.1, 0.15) is 6.42 Å². The molecule has 3 nitrogen and oxygen atoms in total. The van der Waals surface area contributed by atoms with E-state index in [1.165, 1.54) is 0 Å². The first-order chi connectivity index (χ1) is 10.6. The first-order valence-corrected chi connectivity index (χ1v) is 8.76. The molecule has 0 saturated carbocycles. The highest BCUT2D eigenvalue weighted by molar-refractivity contribution is 9.10. The zero-order valence-electron chi connectivity index (χ0n) is 11.9. The van der Waals surface area contributed by atoms with Crippen molar-refractivity contribution >= 4 is 50.9 Å². The van der Waals surface area contributed by atoms with Gasteiger partial charge in [-0.05, 0) is 42.5 Å². The van der Waals surface area contributed by atoms with E-state index in [-0.39, 0.29) is 5.91 Å². The number of anilines is 1. The molecule has 2 aromatic carbocycles. The molecule has 0 fully saturated rings. The largest absolute Gasteiger partial charge is 0.495 e. The Hall–Kier alpha value is -1.17. The van der Waals surface area contributed by atoms with Crippen molar-refractivity contribution in [3.63, 3.8) is 0 Å². The Labute approximate surface area is 147 Å². The Morgan fingerprint density at radius 3 is 2.68 bits per heavy atom. The minimum Gasteiger partial charge on any atom is -0.495 e. The lowest BCUT2D eigenvalue weighted by atomic mass is 10.3. The molecule has 116 valence electrons. The average molecular weight is 401 g/mol. The van der Waals surface area contributed by atoms with E-state index >= 15 is 0 Å². The van der Waals surface area contributed by atoms with E-state index in [1.54, 1.807) is 18.9 Å². The molecule has 0 aliphatic heterocycles. The van der Waals surface area contributed by atoms with Gasteiger partial charge in [0.25, 0.3) is 0 Å². The number of hydrogen-bond donors (Lipinski definition) is 1. The fourth-order valence-electron chi connectivity index (χ4n) is 1.78. The van der Waals surface area contributed by atoms with Crippen molar-refractivity contribution in [2.24, 2.45) is 0 Å². The molecular formula is C16H15BrClNO2S. The third-order valence-corrected chi connectivity index (χ3v) is 4.61. The lowest BCUT2D eigenvalue weighted by Crippen LogP contribution is -2.13. The summed E-state index contributed by atoms with van der Waals surface area (Å²) in [6.07, 6.45) is 0.420. The number of ether oxygens (including phenoxy) is 1. The summed E-state index contributed by atoms with van der Waals surface area (Å²) in [6.45, 7) is 0. The van der Waals surface area contributed by atoms with Crippen LogP contribution in [-0.2, 0) is 4.79 Å². The van der Waals surface area contributed by atoms with Crippen LogP contribution < -0.4 is 10.1 Å². The van der Waals surface area contributed by atoms with Gasteiger partial charge in [0.15, 0.2) is 0 Å². The predicted octanol–water partition coefficient (Wildman–Crippen LogP) is 5.23. The summed E-state index contributed by atoms with van der Waals surface area (Å²) < 4.78 is 6.12. The van der Waals surface area contributed by atoms with E-state index < -0.39 is 0 Å². The number of rotatable bonds is 6. The molecule has 2 aromatic rings. The molecule has 0 radical (unpaired) electrons. The highest BCUT2D eigenvalue weighted by atomic mass is 79.9. The minimum absolute atomic E-state index is 0.0436. The van der Waals surface area contributed by atoms with Gasteiger partial charge in [0, 0.05) is 26.6 Å². The molecule has 0 spiro atoms. The van der Waals surface area contributed by atoms with Gasteiger partial charge < -0.3 is 10.1 Å². The second-order valence-electron chi connectivity index (χ2n) is 4.45. The molecule has 2 rings (SSSR count). The number of nitrogens with one attached hydrogen (secondary N) is 1. The number of carbonyl (C=O) groups is 1. The maximum absolute atomic E-state index is 12.0. The Kier molecular flexibility index (Phi) is 6.61. The van der Waals surface area contributed by atoms with Crippen LogP contribution in [0.4, 0.5) is 5.69 Å². The SMILES string of the molecule is COc1ccc(Br)cc1NC(=O)CCSc1ccc(Cl)cc1. The summed E-state index contributed by atoms with van der Waals surface area (Å²) in [5.74, 6) is 1.30. The molecule has 0 heterocycles. The molecule has 22 heavy (non-hydrogen) atoms.